The molecule has 2 aliphatic carbocycles. The molecular weight excluding hydrogens is 721 g/mol. The molecule has 8 aromatic carbocycles. The molecule has 0 bridgehead atoms. The third-order valence-electron chi connectivity index (χ3n) is 13.2. The monoisotopic (exact) mass is 760 g/mol. The summed E-state index contributed by atoms with van der Waals surface area (Å²) in [6, 6.07) is 57.0. The summed E-state index contributed by atoms with van der Waals surface area (Å²) in [7, 11) is 0. The first-order valence-corrected chi connectivity index (χ1v) is 20.4. The molecule has 2 heterocycles. The molecule has 0 unspecified atom stereocenters. The SMILES string of the molecule is Cc1ccc2c(c1C)-c1c(ccc(C)c1C)C21c2cc(N3c4ccccc4Oc4ccccc43)ccc2C=Cc2ccc(N3c4ccccc4Oc4ccccc43)cc21. The van der Waals surface area contributed by atoms with E-state index in [0.717, 1.165) is 57.1 Å². The van der Waals surface area contributed by atoms with E-state index in [1.54, 1.807) is 0 Å². The van der Waals surface area contributed by atoms with Gasteiger partial charge >= 0.3 is 0 Å². The van der Waals surface area contributed by atoms with Crippen molar-refractivity contribution in [3.05, 3.63) is 213 Å². The Morgan fingerprint density at radius 1 is 0.373 bits per heavy atom. The van der Waals surface area contributed by atoms with Crippen molar-refractivity contribution in [2.45, 2.75) is 33.1 Å². The predicted octanol–water partition coefficient (Wildman–Crippen LogP) is 14.9. The summed E-state index contributed by atoms with van der Waals surface area (Å²) in [5.74, 6) is 3.35. The van der Waals surface area contributed by atoms with Crippen LogP contribution in [0.2, 0.25) is 0 Å². The third-order valence-corrected chi connectivity index (χ3v) is 13.2. The third kappa shape index (κ3) is 4.60. The van der Waals surface area contributed by atoms with Gasteiger partial charge in [-0.2, -0.15) is 0 Å². The molecule has 0 amide bonds. The van der Waals surface area contributed by atoms with E-state index in [4.69, 9.17) is 9.47 Å². The minimum Gasteiger partial charge on any atom is -0.453 e. The van der Waals surface area contributed by atoms with Crippen molar-refractivity contribution in [1.82, 2.24) is 0 Å². The first-order chi connectivity index (χ1) is 28.9. The number of para-hydroxylation sites is 8. The Kier molecular flexibility index (Phi) is 7.08. The van der Waals surface area contributed by atoms with Crippen LogP contribution in [-0.2, 0) is 5.41 Å². The van der Waals surface area contributed by atoms with E-state index in [2.05, 4.69) is 183 Å². The van der Waals surface area contributed by atoms with Crippen molar-refractivity contribution in [2.75, 3.05) is 9.80 Å². The van der Waals surface area contributed by atoms with Gasteiger partial charge in [0.15, 0.2) is 23.0 Å². The number of aryl methyl sites for hydroxylation is 2. The molecule has 282 valence electrons. The maximum Gasteiger partial charge on any atom is 0.151 e. The van der Waals surface area contributed by atoms with Gasteiger partial charge in [0.05, 0.1) is 28.2 Å². The first kappa shape index (κ1) is 33.8. The maximum atomic E-state index is 6.50. The standard InChI is InChI=1S/C55H40N2O2/c1-33-21-29-41-53(35(33)3)54-36(4)34(2)22-30-42(54)55(41)43-31-39(56-45-13-5-9-17-49(45)58-50-18-10-6-14-46(50)56)27-25-37(43)23-24-38-26-28-40(32-44(38)55)57-47-15-7-11-19-51(47)59-52-20-12-8-16-48(52)57/h5-32H,1-4H3. The van der Waals surface area contributed by atoms with Crippen LogP contribution in [-0.4, -0.2) is 0 Å². The van der Waals surface area contributed by atoms with Gasteiger partial charge in [-0.05, 0) is 167 Å². The van der Waals surface area contributed by atoms with Crippen molar-refractivity contribution in [3.8, 4) is 34.1 Å². The van der Waals surface area contributed by atoms with Gasteiger partial charge < -0.3 is 19.3 Å². The normalized spacial score (nSPS) is 14.4. The quantitative estimate of drug-likeness (QED) is 0.175. The second-order valence-electron chi connectivity index (χ2n) is 16.2. The Morgan fingerprint density at radius 2 is 0.729 bits per heavy atom. The van der Waals surface area contributed by atoms with Crippen LogP contribution >= 0.6 is 0 Å². The number of fused-ring (bicyclic) bond motifs is 13. The second-order valence-corrected chi connectivity index (χ2v) is 16.2. The van der Waals surface area contributed by atoms with Crippen LogP contribution in [0.4, 0.5) is 34.1 Å². The van der Waals surface area contributed by atoms with Gasteiger partial charge in [0, 0.05) is 11.4 Å². The fourth-order valence-electron chi connectivity index (χ4n) is 10.2. The minimum atomic E-state index is -0.668. The molecule has 0 fully saturated rings. The zero-order valence-corrected chi connectivity index (χ0v) is 33.4. The fraction of sp³-hybridized carbons (Fsp3) is 0.0909. The second kappa shape index (κ2) is 12.3. The van der Waals surface area contributed by atoms with Gasteiger partial charge in [-0.25, -0.2) is 0 Å². The zero-order valence-electron chi connectivity index (χ0n) is 33.4. The average Bonchev–Trinajstić information content (AvgIpc) is 3.50. The molecule has 8 aromatic rings. The van der Waals surface area contributed by atoms with Gasteiger partial charge in [-0.15, -0.1) is 0 Å². The number of benzene rings is 8. The highest BCUT2D eigenvalue weighted by molar-refractivity contribution is 5.97. The summed E-state index contributed by atoms with van der Waals surface area (Å²) < 4.78 is 13.0. The number of ether oxygens (including phenoxy) is 2. The van der Waals surface area contributed by atoms with Crippen LogP contribution in [0, 0.1) is 27.7 Å². The van der Waals surface area contributed by atoms with Crippen LogP contribution in [0.1, 0.15) is 55.6 Å². The lowest BCUT2D eigenvalue weighted by molar-refractivity contribution is 0.477. The molecule has 0 saturated carbocycles. The van der Waals surface area contributed by atoms with Gasteiger partial charge in [0.25, 0.3) is 0 Å². The number of hydrogen-bond acceptors (Lipinski definition) is 4. The van der Waals surface area contributed by atoms with Gasteiger partial charge in [-0.1, -0.05) is 97.1 Å². The fourth-order valence-corrected chi connectivity index (χ4v) is 10.2. The molecule has 4 nitrogen and oxygen atoms in total. The highest BCUT2D eigenvalue weighted by atomic mass is 16.5. The van der Waals surface area contributed by atoms with Crippen LogP contribution in [0.15, 0.2) is 158 Å². The molecule has 1 spiro atoms. The van der Waals surface area contributed by atoms with E-state index in [-0.39, 0.29) is 0 Å². The smallest absolute Gasteiger partial charge is 0.151 e. The number of rotatable bonds is 2. The molecule has 0 atom stereocenters. The van der Waals surface area contributed by atoms with E-state index < -0.39 is 5.41 Å². The van der Waals surface area contributed by atoms with E-state index in [1.807, 2.05) is 24.3 Å². The highest BCUT2D eigenvalue weighted by Crippen LogP contribution is 2.62. The van der Waals surface area contributed by atoms with Crippen molar-refractivity contribution < 1.29 is 9.47 Å². The van der Waals surface area contributed by atoms with Crippen LogP contribution in [0.25, 0.3) is 23.3 Å². The van der Waals surface area contributed by atoms with Crippen LogP contribution < -0.4 is 19.3 Å². The minimum absolute atomic E-state index is 0.668. The highest BCUT2D eigenvalue weighted by Gasteiger charge is 2.50. The number of anilines is 6. The van der Waals surface area contributed by atoms with E-state index in [0.29, 0.717) is 0 Å². The van der Waals surface area contributed by atoms with Gasteiger partial charge in [0.1, 0.15) is 0 Å². The molecule has 59 heavy (non-hydrogen) atoms. The van der Waals surface area contributed by atoms with Crippen LogP contribution in [0.3, 0.4) is 0 Å². The molecule has 4 heteroatoms. The Labute approximate surface area is 344 Å². The lowest BCUT2D eigenvalue weighted by Gasteiger charge is -2.39. The first-order valence-electron chi connectivity index (χ1n) is 20.4. The summed E-state index contributed by atoms with van der Waals surface area (Å²) in [6.45, 7) is 9.12. The van der Waals surface area contributed by atoms with E-state index in [1.165, 1.54) is 66.8 Å². The Hall–Kier alpha value is -7.30. The summed E-state index contributed by atoms with van der Waals surface area (Å²) >= 11 is 0. The van der Waals surface area contributed by atoms with Crippen molar-refractivity contribution in [2.24, 2.45) is 0 Å². The van der Waals surface area contributed by atoms with Gasteiger partial charge in [-0.3, -0.25) is 0 Å². The maximum absolute atomic E-state index is 6.50. The largest absolute Gasteiger partial charge is 0.453 e. The van der Waals surface area contributed by atoms with Crippen LogP contribution in [0.5, 0.6) is 23.0 Å². The lowest BCUT2D eigenvalue weighted by Crippen LogP contribution is -2.31. The molecule has 2 aliphatic heterocycles. The van der Waals surface area contributed by atoms with Crippen molar-refractivity contribution in [3.63, 3.8) is 0 Å². The van der Waals surface area contributed by atoms with Crippen molar-refractivity contribution >= 4 is 46.3 Å². The molecule has 0 N–H and O–H groups in total. The summed E-state index contributed by atoms with van der Waals surface area (Å²) in [4.78, 5) is 4.74. The van der Waals surface area contributed by atoms with Crippen molar-refractivity contribution in [1.29, 1.82) is 0 Å². The number of hydrogen-bond donors (Lipinski definition) is 0. The summed E-state index contributed by atoms with van der Waals surface area (Å²) in [5, 5.41) is 0. The summed E-state index contributed by atoms with van der Waals surface area (Å²) in [6.07, 6.45) is 4.65. The molecule has 4 aliphatic rings. The Bertz CT molecular complexity index is 2840. The molecular formula is C55H40N2O2. The van der Waals surface area contributed by atoms with Gasteiger partial charge in [0.2, 0.25) is 0 Å². The average molecular weight is 761 g/mol. The Morgan fingerprint density at radius 3 is 1.10 bits per heavy atom. The van der Waals surface area contributed by atoms with E-state index in [9.17, 15) is 0 Å². The number of nitrogens with zero attached hydrogens (tertiary/aromatic N) is 2. The lowest BCUT2D eigenvalue weighted by atomic mass is 9.65. The molecule has 0 radical (unpaired) electrons. The predicted molar refractivity (Wildman–Crippen MR) is 241 cm³/mol. The topological polar surface area (TPSA) is 24.9 Å². The molecule has 0 saturated heterocycles. The molecule has 12 rings (SSSR count). The Balaban J connectivity index is 1.20. The summed E-state index contributed by atoms with van der Waals surface area (Å²) in [5.41, 5.74) is 21.0. The molecule has 0 aromatic heterocycles. The zero-order chi connectivity index (χ0) is 39.6. The van der Waals surface area contributed by atoms with E-state index >= 15 is 0 Å².